The number of nitrogens with one attached hydrogen (secondary N) is 1. The van der Waals surface area contributed by atoms with Crippen LogP contribution in [0.3, 0.4) is 0 Å². The van der Waals surface area contributed by atoms with Crippen LogP contribution in [0.5, 0.6) is 0 Å². The zero-order valence-electron chi connectivity index (χ0n) is 12.3. The highest BCUT2D eigenvalue weighted by molar-refractivity contribution is 5.99. The van der Waals surface area contributed by atoms with Crippen molar-refractivity contribution in [2.45, 2.75) is 12.8 Å². The van der Waals surface area contributed by atoms with Gasteiger partial charge in [0.15, 0.2) is 0 Å². The largest absolute Gasteiger partial charge is 0.371 e. The van der Waals surface area contributed by atoms with E-state index in [-0.39, 0.29) is 5.91 Å². The molecule has 0 spiro atoms. The van der Waals surface area contributed by atoms with Crippen molar-refractivity contribution < 1.29 is 4.79 Å². The average molecular weight is 273 g/mol. The Bertz CT molecular complexity index is 476. The van der Waals surface area contributed by atoms with Gasteiger partial charge in [-0.05, 0) is 45.1 Å². The highest BCUT2D eigenvalue weighted by atomic mass is 16.1. The summed E-state index contributed by atoms with van der Waals surface area (Å²) in [6.45, 7) is 2.99. The minimum absolute atomic E-state index is 0.0783. The lowest BCUT2D eigenvalue weighted by molar-refractivity contribution is -0.111. The molecule has 1 saturated heterocycles. The fourth-order valence-corrected chi connectivity index (χ4v) is 2.31. The van der Waals surface area contributed by atoms with Crippen molar-refractivity contribution in [2.75, 3.05) is 43.9 Å². The predicted octanol–water partition coefficient (Wildman–Crippen LogP) is 2.34. The minimum atomic E-state index is -0.0783. The Labute approximate surface area is 121 Å². The van der Waals surface area contributed by atoms with Gasteiger partial charge in [0.1, 0.15) is 0 Å². The van der Waals surface area contributed by atoms with E-state index in [0.29, 0.717) is 0 Å². The number of anilines is 2. The Morgan fingerprint density at radius 3 is 2.80 bits per heavy atom. The van der Waals surface area contributed by atoms with Crippen molar-refractivity contribution in [1.29, 1.82) is 0 Å². The van der Waals surface area contributed by atoms with Gasteiger partial charge < -0.3 is 15.1 Å². The van der Waals surface area contributed by atoms with Crippen molar-refractivity contribution >= 4 is 17.3 Å². The Morgan fingerprint density at radius 1 is 1.35 bits per heavy atom. The van der Waals surface area contributed by atoms with Gasteiger partial charge >= 0.3 is 0 Å². The summed E-state index contributed by atoms with van der Waals surface area (Å²) >= 11 is 0. The summed E-state index contributed by atoms with van der Waals surface area (Å²) in [5.41, 5.74) is 2.05. The molecule has 1 amide bonds. The lowest BCUT2D eigenvalue weighted by Gasteiger charge is -2.18. The maximum absolute atomic E-state index is 11.8. The third kappa shape index (κ3) is 4.38. The first kappa shape index (κ1) is 14.6. The van der Waals surface area contributed by atoms with Gasteiger partial charge in [-0.1, -0.05) is 12.1 Å². The summed E-state index contributed by atoms with van der Waals surface area (Å²) in [5, 5.41) is 2.91. The molecule has 1 aliphatic heterocycles. The number of likely N-dealkylation sites (N-methyl/N-ethyl adjacent to an activating group) is 1. The molecular formula is C16H23N3O. The number of rotatable bonds is 5. The van der Waals surface area contributed by atoms with E-state index in [0.717, 1.165) is 25.3 Å². The second-order valence-electron chi connectivity index (χ2n) is 5.40. The summed E-state index contributed by atoms with van der Waals surface area (Å²) in [5.74, 6) is -0.0783. The van der Waals surface area contributed by atoms with Crippen molar-refractivity contribution in [3.05, 3.63) is 36.4 Å². The number of benzene rings is 1. The van der Waals surface area contributed by atoms with Crippen LogP contribution in [0.1, 0.15) is 12.8 Å². The van der Waals surface area contributed by atoms with Gasteiger partial charge in [-0.15, -0.1) is 0 Å². The van der Waals surface area contributed by atoms with Crippen LogP contribution >= 0.6 is 0 Å². The Kier molecular flexibility index (Phi) is 5.18. The molecule has 0 aliphatic carbocycles. The number of carbonyl (C=O) groups is 1. The van der Waals surface area contributed by atoms with E-state index in [1.54, 1.807) is 6.08 Å². The fourth-order valence-electron chi connectivity index (χ4n) is 2.31. The molecule has 1 fully saturated rings. The summed E-state index contributed by atoms with van der Waals surface area (Å²) in [6.07, 6.45) is 5.95. The van der Waals surface area contributed by atoms with Crippen LogP contribution in [0.15, 0.2) is 36.4 Å². The lowest BCUT2D eigenvalue weighted by atomic mass is 10.2. The normalized spacial score (nSPS) is 15.2. The highest BCUT2D eigenvalue weighted by Gasteiger charge is 2.12. The van der Waals surface area contributed by atoms with Gasteiger partial charge in [0.2, 0.25) is 5.91 Å². The number of carbonyl (C=O) groups excluding carboxylic acids is 1. The van der Waals surface area contributed by atoms with Gasteiger partial charge in [-0.2, -0.15) is 0 Å². The first-order valence-corrected chi connectivity index (χ1v) is 7.12. The van der Waals surface area contributed by atoms with Gasteiger partial charge in [-0.25, -0.2) is 0 Å². The molecule has 1 aliphatic rings. The first-order valence-electron chi connectivity index (χ1n) is 7.12. The summed E-state index contributed by atoms with van der Waals surface area (Å²) in [7, 11) is 3.95. The number of nitrogens with zero attached hydrogens (tertiary/aromatic N) is 2. The average Bonchev–Trinajstić information content (AvgIpc) is 2.92. The zero-order chi connectivity index (χ0) is 14.4. The lowest BCUT2D eigenvalue weighted by Crippen LogP contribution is -2.18. The zero-order valence-corrected chi connectivity index (χ0v) is 12.3. The van der Waals surface area contributed by atoms with Crippen molar-refractivity contribution in [2.24, 2.45) is 0 Å². The van der Waals surface area contributed by atoms with E-state index in [2.05, 4.69) is 16.3 Å². The smallest absolute Gasteiger partial charge is 0.248 e. The van der Waals surface area contributed by atoms with E-state index >= 15 is 0 Å². The monoisotopic (exact) mass is 273 g/mol. The summed E-state index contributed by atoms with van der Waals surface area (Å²) < 4.78 is 0. The van der Waals surface area contributed by atoms with E-state index in [1.165, 1.54) is 18.5 Å². The second-order valence-corrected chi connectivity index (χ2v) is 5.40. The van der Waals surface area contributed by atoms with Crippen molar-refractivity contribution in [1.82, 2.24) is 4.90 Å². The second kappa shape index (κ2) is 7.10. The van der Waals surface area contributed by atoms with Crippen LogP contribution in [0, 0.1) is 0 Å². The third-order valence-corrected chi connectivity index (χ3v) is 3.32. The molecule has 4 nitrogen and oxygen atoms in total. The van der Waals surface area contributed by atoms with Crippen LogP contribution in [-0.2, 0) is 4.79 Å². The SMILES string of the molecule is CN(C)C/C=C/C(=O)Nc1cccc(N2CCCC2)c1. The number of amides is 1. The van der Waals surface area contributed by atoms with Gasteiger partial charge in [0, 0.05) is 37.1 Å². The maximum atomic E-state index is 11.8. The third-order valence-electron chi connectivity index (χ3n) is 3.32. The molecule has 1 aromatic carbocycles. The fraction of sp³-hybridized carbons (Fsp3) is 0.438. The van der Waals surface area contributed by atoms with Crippen LogP contribution in [-0.4, -0.2) is 44.5 Å². The molecule has 0 atom stereocenters. The molecule has 1 N–H and O–H groups in total. The molecular weight excluding hydrogens is 250 g/mol. The van der Waals surface area contributed by atoms with Gasteiger partial charge in [0.25, 0.3) is 0 Å². The van der Waals surface area contributed by atoms with Crippen LogP contribution in [0.2, 0.25) is 0 Å². The molecule has 0 bridgehead atoms. The van der Waals surface area contributed by atoms with Crippen LogP contribution in [0.25, 0.3) is 0 Å². The number of hydrogen-bond acceptors (Lipinski definition) is 3. The van der Waals surface area contributed by atoms with Gasteiger partial charge in [0.05, 0.1) is 0 Å². The van der Waals surface area contributed by atoms with E-state index in [1.807, 2.05) is 43.3 Å². The Morgan fingerprint density at radius 2 is 2.10 bits per heavy atom. The highest BCUT2D eigenvalue weighted by Crippen LogP contribution is 2.23. The Balaban J connectivity index is 1.93. The summed E-state index contributed by atoms with van der Waals surface area (Å²) in [6, 6.07) is 8.07. The Hall–Kier alpha value is -1.81. The molecule has 108 valence electrons. The molecule has 1 aromatic rings. The van der Waals surface area contributed by atoms with E-state index in [4.69, 9.17) is 0 Å². The van der Waals surface area contributed by atoms with Crippen molar-refractivity contribution in [3.63, 3.8) is 0 Å². The molecule has 2 rings (SSSR count). The molecule has 0 radical (unpaired) electrons. The maximum Gasteiger partial charge on any atom is 0.248 e. The van der Waals surface area contributed by atoms with E-state index in [9.17, 15) is 4.79 Å². The van der Waals surface area contributed by atoms with Gasteiger partial charge in [-0.3, -0.25) is 4.79 Å². The molecule has 0 unspecified atom stereocenters. The quantitative estimate of drug-likeness (QED) is 0.836. The van der Waals surface area contributed by atoms with Crippen molar-refractivity contribution in [3.8, 4) is 0 Å². The molecule has 0 saturated carbocycles. The molecule has 4 heteroatoms. The molecule has 20 heavy (non-hydrogen) atoms. The van der Waals surface area contributed by atoms with E-state index < -0.39 is 0 Å². The number of hydrogen-bond donors (Lipinski definition) is 1. The van der Waals surface area contributed by atoms with Crippen LogP contribution < -0.4 is 10.2 Å². The molecule has 1 heterocycles. The summed E-state index contributed by atoms with van der Waals surface area (Å²) in [4.78, 5) is 16.2. The standard InChI is InChI=1S/C16H23N3O/c1-18(2)10-6-9-16(20)17-14-7-5-8-15(13-14)19-11-3-4-12-19/h5-9,13H,3-4,10-12H2,1-2H3,(H,17,20)/b9-6+. The van der Waals surface area contributed by atoms with Crippen LogP contribution in [0.4, 0.5) is 11.4 Å². The predicted molar refractivity (Wildman–Crippen MR) is 84.2 cm³/mol. The first-order chi connectivity index (χ1) is 9.65. The molecule has 0 aromatic heterocycles. The minimum Gasteiger partial charge on any atom is -0.371 e. The topological polar surface area (TPSA) is 35.6 Å².